The molecule has 0 saturated heterocycles. The summed E-state index contributed by atoms with van der Waals surface area (Å²) in [5.74, 6) is 0.260. The Morgan fingerprint density at radius 1 is 1.47 bits per heavy atom. The van der Waals surface area contributed by atoms with Gasteiger partial charge in [0.1, 0.15) is 5.82 Å². The molecule has 0 radical (unpaired) electrons. The fraction of sp³-hybridized carbons (Fsp3) is 0.500. The van der Waals surface area contributed by atoms with Gasteiger partial charge in [0, 0.05) is 11.6 Å². The van der Waals surface area contributed by atoms with Crippen molar-refractivity contribution in [3.05, 3.63) is 34.1 Å². The highest BCUT2D eigenvalue weighted by Crippen LogP contribution is 2.29. The van der Waals surface area contributed by atoms with E-state index in [9.17, 15) is 4.39 Å². The minimum Gasteiger partial charge on any atom is -0.313 e. The van der Waals surface area contributed by atoms with E-state index < -0.39 is 0 Å². The molecule has 1 rings (SSSR count). The molecule has 0 heterocycles. The average molecular weight is 274 g/mol. The van der Waals surface area contributed by atoms with Gasteiger partial charge in [0.05, 0.1) is 4.47 Å². The lowest BCUT2D eigenvalue weighted by Gasteiger charge is -2.23. The molecule has 0 aliphatic heterocycles. The van der Waals surface area contributed by atoms with E-state index in [-0.39, 0.29) is 11.9 Å². The second-order valence-electron chi connectivity index (χ2n) is 3.79. The summed E-state index contributed by atoms with van der Waals surface area (Å²) in [6, 6.07) is 5.51. The van der Waals surface area contributed by atoms with Gasteiger partial charge >= 0.3 is 0 Å². The van der Waals surface area contributed by atoms with E-state index in [4.69, 9.17) is 0 Å². The Labute approximate surface area is 99.2 Å². The maximum absolute atomic E-state index is 13.8. The Balaban J connectivity index is 3.07. The Hall–Kier alpha value is -0.410. The Kier molecular flexibility index (Phi) is 4.74. The lowest BCUT2D eigenvalue weighted by molar-refractivity contribution is 0.386. The van der Waals surface area contributed by atoms with Crippen molar-refractivity contribution in [3.63, 3.8) is 0 Å². The summed E-state index contributed by atoms with van der Waals surface area (Å²) in [5.41, 5.74) is 0.737. The first-order valence-electron chi connectivity index (χ1n) is 5.23. The summed E-state index contributed by atoms with van der Waals surface area (Å²) in [6.07, 6.45) is 1.03. The van der Waals surface area contributed by atoms with Crippen LogP contribution in [0.3, 0.4) is 0 Å². The fourth-order valence-corrected chi connectivity index (χ4v) is 2.12. The molecule has 84 valence electrons. The number of benzene rings is 1. The molecule has 2 atom stereocenters. The standard InChI is InChI=1S/C12H17BrFN/c1-4-8(2)12(15-3)9-6-5-7-10(13)11(9)14/h5-8,12,15H,4H2,1-3H3. The Bertz CT molecular complexity index is 327. The molecule has 1 aromatic carbocycles. The zero-order chi connectivity index (χ0) is 11.4. The van der Waals surface area contributed by atoms with Crippen LogP contribution in [0.5, 0.6) is 0 Å². The van der Waals surface area contributed by atoms with Crippen LogP contribution in [0, 0.1) is 11.7 Å². The van der Waals surface area contributed by atoms with Crippen molar-refractivity contribution in [1.82, 2.24) is 5.32 Å². The van der Waals surface area contributed by atoms with E-state index in [0.717, 1.165) is 12.0 Å². The number of nitrogens with one attached hydrogen (secondary N) is 1. The second kappa shape index (κ2) is 5.61. The summed E-state index contributed by atoms with van der Waals surface area (Å²) in [5, 5.41) is 3.18. The SMILES string of the molecule is CCC(C)C(NC)c1cccc(Br)c1F. The topological polar surface area (TPSA) is 12.0 Å². The molecule has 1 aromatic rings. The Morgan fingerprint density at radius 3 is 2.67 bits per heavy atom. The van der Waals surface area contributed by atoms with E-state index in [0.29, 0.717) is 10.4 Å². The van der Waals surface area contributed by atoms with Crippen LogP contribution >= 0.6 is 15.9 Å². The molecule has 0 saturated carbocycles. The predicted molar refractivity (Wildman–Crippen MR) is 65.4 cm³/mol. The highest BCUT2D eigenvalue weighted by molar-refractivity contribution is 9.10. The van der Waals surface area contributed by atoms with Crippen LogP contribution in [0.15, 0.2) is 22.7 Å². The second-order valence-corrected chi connectivity index (χ2v) is 4.65. The van der Waals surface area contributed by atoms with Gasteiger partial charge in [-0.25, -0.2) is 4.39 Å². The zero-order valence-corrected chi connectivity index (χ0v) is 10.9. The van der Waals surface area contributed by atoms with Gasteiger partial charge in [-0.15, -0.1) is 0 Å². The Morgan fingerprint density at radius 2 is 2.13 bits per heavy atom. The predicted octanol–water partition coefficient (Wildman–Crippen LogP) is 3.89. The first-order valence-corrected chi connectivity index (χ1v) is 6.02. The van der Waals surface area contributed by atoms with Gasteiger partial charge in [0.25, 0.3) is 0 Å². The molecular formula is C12H17BrFN. The van der Waals surface area contributed by atoms with E-state index in [2.05, 4.69) is 35.1 Å². The normalized spacial score (nSPS) is 15.0. The molecule has 3 heteroatoms. The van der Waals surface area contributed by atoms with E-state index in [1.54, 1.807) is 6.07 Å². The van der Waals surface area contributed by atoms with Crippen molar-refractivity contribution in [1.29, 1.82) is 0 Å². The first kappa shape index (κ1) is 12.7. The third kappa shape index (κ3) is 2.79. The molecular weight excluding hydrogens is 257 g/mol. The van der Waals surface area contributed by atoms with Crippen LogP contribution < -0.4 is 5.32 Å². The van der Waals surface area contributed by atoms with E-state index >= 15 is 0 Å². The lowest BCUT2D eigenvalue weighted by atomic mass is 9.92. The van der Waals surface area contributed by atoms with Crippen molar-refractivity contribution in [2.45, 2.75) is 26.3 Å². The molecule has 1 nitrogen and oxygen atoms in total. The van der Waals surface area contributed by atoms with Crippen LogP contribution in [0.4, 0.5) is 4.39 Å². The van der Waals surface area contributed by atoms with Crippen LogP contribution in [-0.2, 0) is 0 Å². The number of halogens is 2. The molecule has 15 heavy (non-hydrogen) atoms. The number of hydrogen-bond donors (Lipinski definition) is 1. The third-order valence-corrected chi connectivity index (χ3v) is 3.45. The highest BCUT2D eigenvalue weighted by atomic mass is 79.9. The van der Waals surface area contributed by atoms with Crippen molar-refractivity contribution < 1.29 is 4.39 Å². The van der Waals surface area contributed by atoms with Gasteiger partial charge in [-0.2, -0.15) is 0 Å². The third-order valence-electron chi connectivity index (χ3n) is 2.84. The largest absolute Gasteiger partial charge is 0.313 e. The van der Waals surface area contributed by atoms with E-state index in [1.807, 2.05) is 19.2 Å². The quantitative estimate of drug-likeness (QED) is 0.878. The molecule has 0 amide bonds. The smallest absolute Gasteiger partial charge is 0.142 e. The zero-order valence-electron chi connectivity index (χ0n) is 9.35. The minimum atomic E-state index is -0.155. The number of hydrogen-bond acceptors (Lipinski definition) is 1. The molecule has 0 aromatic heterocycles. The van der Waals surface area contributed by atoms with Gasteiger partial charge in [0.15, 0.2) is 0 Å². The summed E-state index contributed by atoms with van der Waals surface area (Å²) < 4.78 is 14.4. The molecule has 0 fully saturated rings. The average Bonchev–Trinajstić information content (AvgIpc) is 2.24. The molecule has 0 aliphatic rings. The lowest BCUT2D eigenvalue weighted by Crippen LogP contribution is -2.24. The maximum atomic E-state index is 13.8. The van der Waals surface area contributed by atoms with Crippen LogP contribution in [-0.4, -0.2) is 7.05 Å². The molecule has 0 spiro atoms. The van der Waals surface area contributed by atoms with Gasteiger partial charge < -0.3 is 5.32 Å². The van der Waals surface area contributed by atoms with E-state index in [1.165, 1.54) is 0 Å². The van der Waals surface area contributed by atoms with Crippen molar-refractivity contribution in [2.75, 3.05) is 7.05 Å². The highest BCUT2D eigenvalue weighted by Gasteiger charge is 2.20. The van der Waals surface area contributed by atoms with Crippen molar-refractivity contribution in [2.24, 2.45) is 5.92 Å². The fourth-order valence-electron chi connectivity index (χ4n) is 1.74. The first-order chi connectivity index (χ1) is 7.11. The summed E-state index contributed by atoms with van der Waals surface area (Å²) in [6.45, 7) is 4.24. The molecule has 1 N–H and O–H groups in total. The van der Waals surface area contributed by atoms with Gasteiger partial charge in [0.2, 0.25) is 0 Å². The summed E-state index contributed by atoms with van der Waals surface area (Å²) in [4.78, 5) is 0. The molecule has 0 aliphatic carbocycles. The van der Waals surface area contributed by atoms with Crippen LogP contribution in [0.25, 0.3) is 0 Å². The van der Waals surface area contributed by atoms with Crippen molar-refractivity contribution >= 4 is 15.9 Å². The van der Waals surface area contributed by atoms with Crippen LogP contribution in [0.1, 0.15) is 31.9 Å². The summed E-state index contributed by atoms with van der Waals surface area (Å²) in [7, 11) is 1.87. The minimum absolute atomic E-state index is 0.0764. The van der Waals surface area contributed by atoms with Gasteiger partial charge in [-0.1, -0.05) is 32.4 Å². The maximum Gasteiger partial charge on any atom is 0.142 e. The van der Waals surface area contributed by atoms with Gasteiger partial charge in [-0.05, 0) is 35.0 Å². The van der Waals surface area contributed by atoms with Crippen molar-refractivity contribution in [3.8, 4) is 0 Å². The van der Waals surface area contributed by atoms with Gasteiger partial charge in [-0.3, -0.25) is 0 Å². The molecule has 0 bridgehead atoms. The summed E-state index contributed by atoms with van der Waals surface area (Å²) >= 11 is 3.21. The monoisotopic (exact) mass is 273 g/mol. The molecule has 2 unspecified atom stereocenters. The van der Waals surface area contributed by atoms with Crippen LogP contribution in [0.2, 0.25) is 0 Å². The number of rotatable bonds is 4.